The molecule has 0 aliphatic carbocycles. The zero-order chi connectivity index (χ0) is 16.0. The van der Waals surface area contributed by atoms with Crippen LogP contribution in [0.25, 0.3) is 0 Å². The Kier molecular flexibility index (Phi) is 6.25. The molecule has 0 amide bonds. The van der Waals surface area contributed by atoms with Gasteiger partial charge in [0.15, 0.2) is 0 Å². The molecule has 0 bridgehead atoms. The van der Waals surface area contributed by atoms with Crippen molar-refractivity contribution in [3.8, 4) is 5.75 Å². The summed E-state index contributed by atoms with van der Waals surface area (Å²) >= 11 is 0. The van der Waals surface area contributed by atoms with Gasteiger partial charge in [-0.2, -0.15) is 0 Å². The maximum Gasteiger partial charge on any atom is 0.309 e. The van der Waals surface area contributed by atoms with Crippen molar-refractivity contribution >= 4 is 5.97 Å². The Bertz CT molecular complexity index is 475. The van der Waals surface area contributed by atoms with Gasteiger partial charge in [0.1, 0.15) is 5.75 Å². The van der Waals surface area contributed by atoms with E-state index >= 15 is 0 Å². The molecule has 0 aliphatic heterocycles. The molecule has 3 heteroatoms. The number of hydrogen-bond donors (Lipinski definition) is 1. The predicted molar refractivity (Wildman–Crippen MR) is 86.0 cm³/mol. The molecule has 0 aromatic heterocycles. The third-order valence-corrected chi connectivity index (χ3v) is 3.91. The average Bonchev–Trinajstić information content (AvgIpc) is 2.37. The molecule has 0 aliphatic rings. The summed E-state index contributed by atoms with van der Waals surface area (Å²) in [5, 5.41) is 9.05. The van der Waals surface area contributed by atoms with Crippen LogP contribution >= 0.6 is 0 Å². The van der Waals surface area contributed by atoms with E-state index in [4.69, 9.17) is 9.84 Å². The van der Waals surface area contributed by atoms with Gasteiger partial charge in [-0.1, -0.05) is 19.9 Å². The van der Waals surface area contributed by atoms with Crippen molar-refractivity contribution in [2.45, 2.75) is 59.8 Å². The van der Waals surface area contributed by atoms with E-state index in [0.717, 1.165) is 18.6 Å². The van der Waals surface area contributed by atoms with Gasteiger partial charge in [-0.15, -0.1) is 0 Å². The highest BCUT2D eigenvalue weighted by Crippen LogP contribution is 2.25. The van der Waals surface area contributed by atoms with Gasteiger partial charge in [0.05, 0.1) is 12.0 Å². The van der Waals surface area contributed by atoms with Crippen LogP contribution in [0, 0.1) is 12.3 Å². The highest BCUT2D eigenvalue weighted by molar-refractivity contribution is 5.73. The summed E-state index contributed by atoms with van der Waals surface area (Å²) in [5.74, 6) is 0.690. The van der Waals surface area contributed by atoms with Crippen molar-refractivity contribution in [2.75, 3.05) is 6.61 Å². The number of unbranched alkanes of at least 4 members (excludes halogenated alkanes) is 1. The first-order valence-corrected chi connectivity index (χ1v) is 7.71. The molecule has 1 aromatic carbocycles. The number of rotatable bonds is 8. The number of carbonyl (C=O) groups is 1. The van der Waals surface area contributed by atoms with E-state index in [1.54, 1.807) is 13.8 Å². The molecule has 0 radical (unpaired) electrons. The summed E-state index contributed by atoms with van der Waals surface area (Å²) in [6.45, 7) is 10.7. The molecule has 0 atom stereocenters. The SMILES string of the molecule is Cc1cc(OCCCCC(C)(C)C(=O)O)ccc1C(C)C. The van der Waals surface area contributed by atoms with Crippen molar-refractivity contribution in [1.82, 2.24) is 0 Å². The molecule has 1 aromatic rings. The molecule has 118 valence electrons. The van der Waals surface area contributed by atoms with Crippen molar-refractivity contribution in [2.24, 2.45) is 5.41 Å². The Hall–Kier alpha value is -1.51. The fourth-order valence-corrected chi connectivity index (χ4v) is 2.35. The third kappa shape index (κ3) is 5.41. The normalized spacial score (nSPS) is 11.7. The minimum atomic E-state index is -0.733. The van der Waals surface area contributed by atoms with Gasteiger partial charge in [0.2, 0.25) is 0 Å². The summed E-state index contributed by atoms with van der Waals surface area (Å²) < 4.78 is 5.75. The first kappa shape index (κ1) is 17.5. The topological polar surface area (TPSA) is 46.5 Å². The van der Waals surface area contributed by atoms with Crippen LogP contribution in [0.5, 0.6) is 5.75 Å². The van der Waals surface area contributed by atoms with Gasteiger partial charge in [-0.3, -0.25) is 4.79 Å². The summed E-state index contributed by atoms with van der Waals surface area (Å²) in [4.78, 5) is 11.0. The number of aliphatic carboxylic acids is 1. The van der Waals surface area contributed by atoms with E-state index in [1.165, 1.54) is 11.1 Å². The number of aryl methyl sites for hydroxylation is 1. The Morgan fingerprint density at radius 3 is 2.48 bits per heavy atom. The quantitative estimate of drug-likeness (QED) is 0.701. The fourth-order valence-electron chi connectivity index (χ4n) is 2.35. The zero-order valence-electron chi connectivity index (χ0n) is 13.9. The van der Waals surface area contributed by atoms with Crippen molar-refractivity contribution in [1.29, 1.82) is 0 Å². The third-order valence-electron chi connectivity index (χ3n) is 3.91. The standard InChI is InChI=1S/C18H28O3/c1-13(2)16-9-8-15(12-14(16)3)21-11-7-6-10-18(4,5)17(19)20/h8-9,12-13H,6-7,10-11H2,1-5H3,(H,19,20). The smallest absolute Gasteiger partial charge is 0.309 e. The first-order chi connectivity index (χ1) is 9.74. The Balaban J connectivity index is 2.37. The number of hydrogen-bond acceptors (Lipinski definition) is 2. The number of ether oxygens (including phenoxy) is 1. The van der Waals surface area contributed by atoms with Gasteiger partial charge in [-0.25, -0.2) is 0 Å². The fraction of sp³-hybridized carbons (Fsp3) is 0.611. The monoisotopic (exact) mass is 292 g/mol. The van der Waals surface area contributed by atoms with Gasteiger partial charge in [-0.05, 0) is 69.2 Å². The highest BCUT2D eigenvalue weighted by Gasteiger charge is 2.25. The van der Waals surface area contributed by atoms with E-state index in [0.29, 0.717) is 18.9 Å². The van der Waals surface area contributed by atoms with Gasteiger partial charge in [0.25, 0.3) is 0 Å². The summed E-state index contributed by atoms with van der Waals surface area (Å²) in [6, 6.07) is 6.23. The molecule has 1 N–H and O–H groups in total. The second-order valence-corrected chi connectivity index (χ2v) is 6.67. The van der Waals surface area contributed by atoms with Gasteiger partial charge < -0.3 is 9.84 Å². The number of carboxylic acid groups (broad SMARTS) is 1. The summed E-state index contributed by atoms with van der Waals surface area (Å²) in [5.41, 5.74) is 1.97. The average molecular weight is 292 g/mol. The van der Waals surface area contributed by atoms with Crippen molar-refractivity contribution in [3.63, 3.8) is 0 Å². The maximum absolute atomic E-state index is 11.0. The highest BCUT2D eigenvalue weighted by atomic mass is 16.5. The Labute approximate surface area is 128 Å². The second kappa shape index (κ2) is 7.48. The first-order valence-electron chi connectivity index (χ1n) is 7.71. The van der Waals surface area contributed by atoms with Gasteiger partial charge >= 0.3 is 5.97 Å². The van der Waals surface area contributed by atoms with Crippen LogP contribution in [0.2, 0.25) is 0 Å². The van der Waals surface area contributed by atoms with Crippen LogP contribution in [-0.2, 0) is 4.79 Å². The molecule has 0 heterocycles. The Morgan fingerprint density at radius 2 is 1.95 bits per heavy atom. The van der Waals surface area contributed by atoms with Crippen molar-refractivity contribution in [3.05, 3.63) is 29.3 Å². The molecule has 0 saturated carbocycles. The van der Waals surface area contributed by atoms with Crippen molar-refractivity contribution < 1.29 is 14.6 Å². The van der Waals surface area contributed by atoms with Crippen LogP contribution in [0.1, 0.15) is 64.0 Å². The largest absolute Gasteiger partial charge is 0.494 e. The van der Waals surface area contributed by atoms with E-state index in [-0.39, 0.29) is 0 Å². The lowest BCUT2D eigenvalue weighted by molar-refractivity contribution is -0.147. The molecule has 0 fully saturated rings. The van der Waals surface area contributed by atoms with Gasteiger partial charge in [0, 0.05) is 0 Å². The molecule has 21 heavy (non-hydrogen) atoms. The lowest BCUT2D eigenvalue weighted by Crippen LogP contribution is -2.23. The number of benzene rings is 1. The van der Waals surface area contributed by atoms with E-state index in [1.807, 2.05) is 6.07 Å². The summed E-state index contributed by atoms with van der Waals surface area (Å²) in [7, 11) is 0. The van der Waals surface area contributed by atoms with Crippen LogP contribution in [0.4, 0.5) is 0 Å². The summed E-state index contributed by atoms with van der Waals surface area (Å²) in [6.07, 6.45) is 2.42. The maximum atomic E-state index is 11.0. The molecular formula is C18H28O3. The zero-order valence-corrected chi connectivity index (χ0v) is 13.9. The lowest BCUT2D eigenvalue weighted by atomic mass is 9.87. The van der Waals surface area contributed by atoms with Crippen LogP contribution in [0.15, 0.2) is 18.2 Å². The minimum Gasteiger partial charge on any atom is -0.494 e. The van der Waals surface area contributed by atoms with Crippen LogP contribution < -0.4 is 4.74 Å². The number of carboxylic acids is 1. The molecule has 1 rings (SSSR count). The van der Waals surface area contributed by atoms with E-state index in [2.05, 4.69) is 32.9 Å². The van der Waals surface area contributed by atoms with Crippen LogP contribution in [-0.4, -0.2) is 17.7 Å². The minimum absolute atomic E-state index is 0.525. The second-order valence-electron chi connectivity index (χ2n) is 6.67. The molecule has 3 nitrogen and oxygen atoms in total. The van der Waals surface area contributed by atoms with E-state index < -0.39 is 11.4 Å². The molecular weight excluding hydrogens is 264 g/mol. The molecule has 0 unspecified atom stereocenters. The molecule has 0 spiro atoms. The van der Waals surface area contributed by atoms with E-state index in [9.17, 15) is 4.79 Å². The lowest BCUT2D eigenvalue weighted by Gasteiger charge is -2.18. The predicted octanol–water partition coefficient (Wildman–Crippen LogP) is 4.78. The molecule has 0 saturated heterocycles. The van der Waals surface area contributed by atoms with Crippen LogP contribution in [0.3, 0.4) is 0 Å². The Morgan fingerprint density at radius 1 is 1.29 bits per heavy atom.